The number of hydrogen-bond acceptors (Lipinski definition) is 1. The number of benzene rings is 2. The molecule has 2 aromatic carbocycles. The zero-order chi connectivity index (χ0) is 14.5. The first kappa shape index (κ1) is 15.6. The summed E-state index contributed by atoms with van der Waals surface area (Å²) in [6.07, 6.45) is 1.16. The molecule has 20 heavy (non-hydrogen) atoms. The van der Waals surface area contributed by atoms with E-state index in [-0.39, 0.29) is 6.10 Å². The van der Waals surface area contributed by atoms with Gasteiger partial charge in [0.2, 0.25) is 0 Å². The highest BCUT2D eigenvalue weighted by atomic mass is 79.9. The standard InChI is InChI=1S/C17H18Br2O/c1-12(2)20-16-5-3-4-14(11-16)17(19)10-13-6-8-15(18)9-7-13/h3-9,11-12,17H,10H2,1-2H3. The van der Waals surface area contributed by atoms with Crippen molar-refractivity contribution in [2.24, 2.45) is 0 Å². The molecule has 0 radical (unpaired) electrons. The maximum atomic E-state index is 5.74. The van der Waals surface area contributed by atoms with Crippen molar-refractivity contribution in [3.05, 3.63) is 64.1 Å². The predicted octanol–water partition coefficient (Wildman–Crippen LogP) is 5.92. The van der Waals surface area contributed by atoms with Gasteiger partial charge in [-0.3, -0.25) is 0 Å². The first-order valence-electron chi connectivity index (χ1n) is 6.69. The highest BCUT2D eigenvalue weighted by Crippen LogP contribution is 2.30. The molecule has 0 saturated carbocycles. The van der Waals surface area contributed by atoms with Gasteiger partial charge < -0.3 is 4.74 Å². The Kier molecular flexibility index (Phi) is 5.67. The van der Waals surface area contributed by atoms with Gasteiger partial charge in [-0.1, -0.05) is 56.1 Å². The molecular formula is C17H18Br2O. The molecule has 0 saturated heterocycles. The summed E-state index contributed by atoms with van der Waals surface area (Å²) in [5, 5.41) is 0. The van der Waals surface area contributed by atoms with Crippen LogP contribution < -0.4 is 4.74 Å². The summed E-state index contributed by atoms with van der Waals surface area (Å²) in [5.41, 5.74) is 2.55. The van der Waals surface area contributed by atoms with Crippen LogP contribution in [0.1, 0.15) is 29.8 Å². The van der Waals surface area contributed by atoms with Crippen LogP contribution in [0.4, 0.5) is 0 Å². The molecule has 0 aliphatic heterocycles. The molecule has 2 rings (SSSR count). The molecule has 0 bridgehead atoms. The third-order valence-corrected chi connectivity index (χ3v) is 4.30. The molecule has 1 nitrogen and oxygen atoms in total. The molecule has 106 valence electrons. The van der Waals surface area contributed by atoms with Crippen molar-refractivity contribution >= 4 is 31.9 Å². The summed E-state index contributed by atoms with van der Waals surface area (Å²) in [7, 11) is 0. The zero-order valence-electron chi connectivity index (χ0n) is 11.6. The summed E-state index contributed by atoms with van der Waals surface area (Å²) < 4.78 is 6.85. The first-order valence-corrected chi connectivity index (χ1v) is 8.40. The van der Waals surface area contributed by atoms with E-state index in [1.54, 1.807) is 0 Å². The average molecular weight is 398 g/mol. The van der Waals surface area contributed by atoms with Crippen molar-refractivity contribution in [2.45, 2.75) is 31.2 Å². The Bertz CT molecular complexity index is 549. The predicted molar refractivity (Wildman–Crippen MR) is 91.7 cm³/mol. The van der Waals surface area contributed by atoms with Crippen molar-refractivity contribution in [3.63, 3.8) is 0 Å². The van der Waals surface area contributed by atoms with E-state index in [9.17, 15) is 0 Å². The molecule has 0 aromatic heterocycles. The summed E-state index contributed by atoms with van der Waals surface area (Å²) >= 11 is 7.24. The van der Waals surface area contributed by atoms with Gasteiger partial charge in [0.25, 0.3) is 0 Å². The van der Waals surface area contributed by atoms with Crippen molar-refractivity contribution in [3.8, 4) is 5.75 Å². The molecule has 0 N–H and O–H groups in total. The van der Waals surface area contributed by atoms with E-state index in [0.717, 1.165) is 16.6 Å². The maximum absolute atomic E-state index is 5.74. The second-order valence-corrected chi connectivity index (χ2v) is 7.06. The number of alkyl halides is 1. The molecule has 0 heterocycles. The molecule has 0 aliphatic carbocycles. The molecule has 0 aliphatic rings. The summed E-state index contributed by atoms with van der Waals surface area (Å²) in [6, 6.07) is 16.7. The van der Waals surface area contributed by atoms with Gasteiger partial charge >= 0.3 is 0 Å². The lowest BCUT2D eigenvalue weighted by atomic mass is 10.0. The lowest BCUT2D eigenvalue weighted by molar-refractivity contribution is 0.242. The third-order valence-electron chi connectivity index (χ3n) is 2.92. The number of rotatable bonds is 5. The van der Waals surface area contributed by atoms with Crippen molar-refractivity contribution in [1.82, 2.24) is 0 Å². The van der Waals surface area contributed by atoms with Gasteiger partial charge in [-0.15, -0.1) is 0 Å². The quantitative estimate of drug-likeness (QED) is 0.569. The molecule has 0 amide bonds. The van der Waals surface area contributed by atoms with Gasteiger partial charge in [0, 0.05) is 9.30 Å². The average Bonchev–Trinajstić information content (AvgIpc) is 2.41. The fourth-order valence-electron chi connectivity index (χ4n) is 2.00. The minimum atomic E-state index is 0.200. The number of halogens is 2. The second-order valence-electron chi connectivity index (χ2n) is 5.04. The van der Waals surface area contributed by atoms with Gasteiger partial charge in [-0.2, -0.15) is 0 Å². The van der Waals surface area contributed by atoms with E-state index in [1.807, 2.05) is 26.0 Å². The fraction of sp³-hybridized carbons (Fsp3) is 0.294. The van der Waals surface area contributed by atoms with Gasteiger partial charge in [0.1, 0.15) is 5.75 Å². The van der Waals surface area contributed by atoms with E-state index < -0.39 is 0 Å². The van der Waals surface area contributed by atoms with Crippen LogP contribution in [0.3, 0.4) is 0 Å². The highest BCUT2D eigenvalue weighted by molar-refractivity contribution is 9.10. The molecule has 0 spiro atoms. The topological polar surface area (TPSA) is 9.23 Å². The minimum Gasteiger partial charge on any atom is -0.491 e. The second kappa shape index (κ2) is 7.28. The molecule has 1 atom stereocenters. The Morgan fingerprint density at radius 3 is 2.40 bits per heavy atom. The SMILES string of the molecule is CC(C)Oc1cccc(C(Br)Cc2ccc(Br)cc2)c1. The Labute approximate surface area is 137 Å². The molecule has 1 unspecified atom stereocenters. The molecule has 2 aromatic rings. The van der Waals surface area contributed by atoms with Crippen molar-refractivity contribution in [1.29, 1.82) is 0 Å². The summed E-state index contributed by atoms with van der Waals surface area (Å²) in [6.45, 7) is 4.08. The lowest BCUT2D eigenvalue weighted by Gasteiger charge is -2.14. The van der Waals surface area contributed by atoms with Gasteiger partial charge in [0.05, 0.1) is 6.10 Å². The Morgan fingerprint density at radius 1 is 1.05 bits per heavy atom. The van der Waals surface area contributed by atoms with E-state index in [1.165, 1.54) is 11.1 Å². The van der Waals surface area contributed by atoms with Crippen molar-refractivity contribution in [2.75, 3.05) is 0 Å². The Balaban J connectivity index is 2.08. The van der Waals surface area contributed by atoms with Gasteiger partial charge in [-0.25, -0.2) is 0 Å². The van der Waals surface area contributed by atoms with Crippen LogP contribution in [0.2, 0.25) is 0 Å². The summed E-state index contributed by atoms with van der Waals surface area (Å²) in [5.74, 6) is 0.928. The van der Waals surface area contributed by atoms with E-state index in [0.29, 0.717) is 4.83 Å². The minimum absolute atomic E-state index is 0.200. The maximum Gasteiger partial charge on any atom is 0.119 e. The van der Waals surface area contributed by atoms with Crippen LogP contribution in [-0.4, -0.2) is 6.10 Å². The smallest absolute Gasteiger partial charge is 0.119 e. The van der Waals surface area contributed by atoms with Gasteiger partial charge in [-0.05, 0) is 55.7 Å². The molecule has 3 heteroatoms. The fourth-order valence-corrected chi connectivity index (χ4v) is 2.92. The van der Waals surface area contributed by atoms with Crippen LogP contribution in [0.5, 0.6) is 5.75 Å². The van der Waals surface area contributed by atoms with Crippen LogP contribution in [0, 0.1) is 0 Å². The van der Waals surface area contributed by atoms with E-state index in [4.69, 9.17) is 4.74 Å². The number of ether oxygens (including phenoxy) is 1. The van der Waals surface area contributed by atoms with Crippen molar-refractivity contribution < 1.29 is 4.74 Å². The Hall–Kier alpha value is -0.800. The first-order chi connectivity index (χ1) is 9.54. The van der Waals surface area contributed by atoms with Crippen LogP contribution in [-0.2, 0) is 6.42 Å². The van der Waals surface area contributed by atoms with E-state index in [2.05, 4.69) is 68.3 Å². The zero-order valence-corrected chi connectivity index (χ0v) is 14.8. The number of hydrogen-bond donors (Lipinski definition) is 0. The molecular weight excluding hydrogens is 380 g/mol. The largest absolute Gasteiger partial charge is 0.491 e. The molecule has 0 fully saturated rings. The van der Waals surface area contributed by atoms with E-state index >= 15 is 0 Å². The van der Waals surface area contributed by atoms with Gasteiger partial charge in [0.15, 0.2) is 0 Å². The van der Waals surface area contributed by atoms with Crippen LogP contribution >= 0.6 is 31.9 Å². The highest BCUT2D eigenvalue weighted by Gasteiger charge is 2.10. The normalized spacial score (nSPS) is 12.4. The third kappa shape index (κ3) is 4.64. The summed E-state index contributed by atoms with van der Waals surface area (Å²) in [4.78, 5) is 0.291. The van der Waals surface area contributed by atoms with Crippen LogP contribution in [0.25, 0.3) is 0 Å². The lowest BCUT2D eigenvalue weighted by Crippen LogP contribution is -2.06. The van der Waals surface area contributed by atoms with Crippen LogP contribution in [0.15, 0.2) is 53.0 Å². The Morgan fingerprint density at radius 2 is 1.75 bits per heavy atom. The monoisotopic (exact) mass is 396 g/mol.